The molecule has 0 atom stereocenters. The summed E-state index contributed by atoms with van der Waals surface area (Å²) >= 11 is 0. The summed E-state index contributed by atoms with van der Waals surface area (Å²) in [6, 6.07) is 32.5. The first-order valence-corrected chi connectivity index (χ1v) is 12.5. The second kappa shape index (κ2) is 12.9. The zero-order chi connectivity index (χ0) is 22.1. The topological polar surface area (TPSA) is 12.2 Å². The minimum atomic E-state index is -0.877. The molecule has 4 heteroatoms. The average Bonchev–Trinajstić information content (AvgIpc) is 3.17. The Morgan fingerprint density at radius 1 is 0.750 bits per heavy atom. The zero-order valence-corrected chi connectivity index (χ0v) is 22.5. The van der Waals surface area contributed by atoms with Crippen LogP contribution in [-0.2, 0) is 27.1 Å². The van der Waals surface area contributed by atoms with Crippen LogP contribution in [0.3, 0.4) is 0 Å². The van der Waals surface area contributed by atoms with Crippen LogP contribution in [0.25, 0.3) is 0 Å². The van der Waals surface area contributed by atoms with Gasteiger partial charge in [-0.15, -0.1) is 0 Å². The monoisotopic (exact) mass is 629 g/mol. The third-order valence-corrected chi connectivity index (χ3v) is 7.90. The van der Waals surface area contributed by atoms with Crippen molar-refractivity contribution in [2.45, 2.75) is 33.3 Å². The van der Waals surface area contributed by atoms with E-state index in [1.54, 1.807) is 0 Å². The van der Waals surface area contributed by atoms with Crippen molar-refractivity contribution in [1.82, 2.24) is 0 Å². The summed E-state index contributed by atoms with van der Waals surface area (Å²) in [5.74, 6) is 0.949. The normalized spacial score (nSPS) is 13.6. The van der Waals surface area contributed by atoms with E-state index in [0.29, 0.717) is 0 Å². The first kappa shape index (κ1) is 26.3. The molecule has 0 bridgehead atoms. The summed E-state index contributed by atoms with van der Waals surface area (Å²) in [5, 5.41) is 4.31. The summed E-state index contributed by atoms with van der Waals surface area (Å²) < 4.78 is 7.85. The molecule has 3 aromatic rings. The fourth-order valence-electron chi connectivity index (χ4n) is 3.56. The summed E-state index contributed by atoms with van der Waals surface area (Å²) in [7, 11) is -0.877. The molecule has 0 amide bonds. The van der Waals surface area contributed by atoms with E-state index < -0.39 is 7.92 Å². The molecule has 0 fully saturated rings. The molecule has 1 heterocycles. The van der Waals surface area contributed by atoms with Crippen molar-refractivity contribution >= 4 is 29.7 Å². The molecule has 0 aliphatic carbocycles. The van der Waals surface area contributed by atoms with E-state index in [-0.39, 0.29) is 29.4 Å². The van der Waals surface area contributed by atoms with Crippen LogP contribution in [0.5, 0.6) is 0 Å². The fourth-order valence-corrected chi connectivity index (χ4v) is 6.14. The summed E-state index contributed by atoms with van der Waals surface area (Å²) in [6.45, 7) is 10.2. The molecule has 1 aliphatic heterocycles. The van der Waals surface area contributed by atoms with E-state index in [2.05, 4.69) is 115 Å². The number of rotatable bonds is 5. The maximum absolute atomic E-state index is 5.67. The van der Waals surface area contributed by atoms with Crippen molar-refractivity contribution in [3.05, 3.63) is 103 Å². The van der Waals surface area contributed by atoms with Crippen LogP contribution < -0.4 is 15.9 Å². The number of hydrogen-bond acceptors (Lipinski definition) is 1. The quantitative estimate of drug-likeness (QED) is 0.219. The Morgan fingerprint density at radius 3 is 1.41 bits per heavy atom. The van der Waals surface area contributed by atoms with Gasteiger partial charge in [0.25, 0.3) is 0 Å². The Labute approximate surface area is 211 Å². The van der Waals surface area contributed by atoms with E-state index in [1.165, 1.54) is 15.9 Å². The maximum Gasteiger partial charge on any atom is 0.363 e. The minimum Gasteiger partial charge on any atom is -0.434 e. The molecule has 0 spiro atoms. The fraction of sp³-hybridized carbons (Fsp3) is 0.250. The van der Waals surface area contributed by atoms with E-state index in [9.17, 15) is 0 Å². The van der Waals surface area contributed by atoms with Crippen molar-refractivity contribution in [2.24, 2.45) is 0 Å². The number of benzene rings is 3. The molecular weight excluding hydrogens is 594 g/mol. The van der Waals surface area contributed by atoms with Crippen molar-refractivity contribution in [3.63, 3.8) is 0 Å². The predicted molar refractivity (Wildman–Crippen MR) is 138 cm³/mol. The van der Waals surface area contributed by atoms with Crippen molar-refractivity contribution in [1.29, 1.82) is 0 Å². The summed E-state index contributed by atoms with van der Waals surface area (Å²) in [5.41, 5.74) is -0.238. The molecule has 2 nitrogen and oxygen atoms in total. The predicted octanol–water partition coefficient (Wildman–Crippen LogP) is 5.03. The average molecular weight is 630 g/mol. The van der Waals surface area contributed by atoms with Gasteiger partial charge in [0.2, 0.25) is 0 Å². The van der Waals surface area contributed by atoms with Gasteiger partial charge in [-0.3, -0.25) is 0 Å². The van der Waals surface area contributed by atoms with Gasteiger partial charge in [0.15, 0.2) is 0 Å². The largest absolute Gasteiger partial charge is 0.434 e. The van der Waals surface area contributed by atoms with E-state index in [1.807, 2.05) is 19.9 Å². The van der Waals surface area contributed by atoms with Crippen LogP contribution in [0.2, 0.25) is 0 Å². The van der Waals surface area contributed by atoms with Crippen LogP contribution >= 0.6 is 7.92 Å². The van der Waals surface area contributed by atoms with Crippen molar-refractivity contribution in [2.75, 3.05) is 13.1 Å². The molecule has 2 radical (unpaired) electrons. The molecule has 1 aliphatic rings. The van der Waals surface area contributed by atoms with Crippen LogP contribution in [0.1, 0.15) is 29.1 Å². The number of hydrogen-bond donors (Lipinski definition) is 0. The second-order valence-corrected chi connectivity index (χ2v) is 10.4. The third-order valence-electron chi connectivity index (χ3n) is 5.17. The van der Waals surface area contributed by atoms with Gasteiger partial charge in [0.1, 0.15) is 34.6 Å². The Morgan fingerprint density at radius 2 is 1.12 bits per heavy atom. The van der Waals surface area contributed by atoms with Gasteiger partial charge in [-0.25, -0.2) is 0 Å². The standard InChI is InChI=1S/C18H15P.C10H17NO.Au.H2/c1-4-10-16(11-5-1)19(17-12-6-2-7-13-17)18-14-8-3-9-15-18;1-5-11(6-2)9-7-8-10(3,4)12-9;;/h1-15H;7H,5-6H2,1-4H3;;1H/q;+1;;/p+1. The smallest absolute Gasteiger partial charge is 0.363 e. The van der Waals surface area contributed by atoms with Crippen molar-refractivity contribution < 1.29 is 33.1 Å². The van der Waals surface area contributed by atoms with Gasteiger partial charge in [-0.05, 0) is 64.1 Å². The number of nitrogens with zero attached hydrogens (tertiary/aromatic N) is 1. The molecule has 0 N–H and O–H groups in total. The summed E-state index contributed by atoms with van der Waals surface area (Å²) in [6.07, 6.45) is 5.11. The molecule has 0 saturated carbocycles. The maximum atomic E-state index is 5.67. The Kier molecular flexibility index (Phi) is 10.6. The first-order chi connectivity index (χ1) is 15.0. The van der Waals surface area contributed by atoms with Gasteiger partial charge in [0, 0.05) is 29.9 Å². The molecule has 0 saturated heterocycles. The van der Waals surface area contributed by atoms with Gasteiger partial charge in [0.05, 0.1) is 14.0 Å². The van der Waals surface area contributed by atoms with Gasteiger partial charge in [-0.1, -0.05) is 54.6 Å². The molecule has 4 rings (SSSR count). The molecule has 32 heavy (non-hydrogen) atoms. The van der Waals surface area contributed by atoms with Crippen LogP contribution in [0.4, 0.5) is 0 Å². The zero-order valence-electron chi connectivity index (χ0n) is 19.3. The Hall–Kier alpha value is -1.96. The van der Waals surface area contributed by atoms with Gasteiger partial charge >= 0.3 is 5.90 Å². The third kappa shape index (κ3) is 7.29. The van der Waals surface area contributed by atoms with Crippen LogP contribution in [0.15, 0.2) is 97.1 Å². The molecule has 172 valence electrons. The van der Waals surface area contributed by atoms with Gasteiger partial charge < -0.3 is 4.74 Å². The molecule has 0 aromatic heterocycles. The SMILES string of the molecule is CC[N+](CC)=C1C=[C]C(C)(C)O1.[Au].[HH].c1ccc([PH+](c2ccccc2)c2ccccc2)cc1. The molecular formula is C28H35AuNOP+2. The second-order valence-electron chi connectivity index (χ2n) is 7.88. The summed E-state index contributed by atoms with van der Waals surface area (Å²) in [4.78, 5) is 0. The van der Waals surface area contributed by atoms with Crippen LogP contribution in [-0.4, -0.2) is 29.2 Å². The first-order valence-electron chi connectivity index (χ1n) is 11.0. The van der Waals surface area contributed by atoms with E-state index >= 15 is 0 Å². The van der Waals surface area contributed by atoms with E-state index in [0.717, 1.165) is 19.0 Å². The number of ether oxygens (including phenoxy) is 1. The van der Waals surface area contributed by atoms with E-state index in [4.69, 9.17) is 4.74 Å². The van der Waals surface area contributed by atoms with Crippen molar-refractivity contribution in [3.8, 4) is 0 Å². The molecule has 3 aromatic carbocycles. The minimum absolute atomic E-state index is 0. The van der Waals surface area contributed by atoms with Crippen LogP contribution in [0, 0.1) is 6.08 Å². The Balaban J connectivity index is 0.000000342. The molecule has 0 unspecified atom stereocenters. The Bertz CT molecular complexity index is 908. The van der Waals surface area contributed by atoms with Gasteiger partial charge in [-0.2, -0.15) is 4.58 Å².